The molecule has 0 amide bonds. The number of nitrogens with one attached hydrogen (secondary N) is 2. The predicted octanol–water partition coefficient (Wildman–Crippen LogP) is 3.57. The minimum Gasteiger partial charge on any atom is -0.495 e. The molecule has 1 aliphatic heterocycles. The molecule has 0 saturated carbocycles. The van der Waals surface area contributed by atoms with Crippen LogP contribution in [0, 0.1) is 6.92 Å². The van der Waals surface area contributed by atoms with Crippen molar-refractivity contribution in [3.05, 3.63) is 59.7 Å². The quantitative estimate of drug-likeness (QED) is 0.391. The molecule has 6 heteroatoms. The molecule has 1 fully saturated rings. The number of hydrogen-bond acceptors (Lipinski definition) is 3. The van der Waals surface area contributed by atoms with E-state index in [4.69, 9.17) is 4.74 Å². The van der Waals surface area contributed by atoms with Crippen LogP contribution in [0.25, 0.3) is 0 Å². The normalized spacial score (nSPS) is 16.6. The second-order valence-electron chi connectivity index (χ2n) is 6.66. The van der Waals surface area contributed by atoms with Crippen molar-refractivity contribution in [3.8, 4) is 5.75 Å². The molecule has 0 bridgehead atoms. The molecule has 2 aromatic rings. The van der Waals surface area contributed by atoms with Gasteiger partial charge in [-0.25, -0.2) is 0 Å². The Kier molecular flexibility index (Phi) is 8.22. The molecule has 0 radical (unpaired) electrons. The number of ether oxygens (including phenoxy) is 1. The molecule has 1 atom stereocenters. The van der Waals surface area contributed by atoms with Crippen molar-refractivity contribution < 1.29 is 4.74 Å². The summed E-state index contributed by atoms with van der Waals surface area (Å²) in [5, 5.41) is 6.96. The van der Waals surface area contributed by atoms with Gasteiger partial charge in [0.1, 0.15) is 5.75 Å². The third-order valence-corrected chi connectivity index (χ3v) is 4.72. The van der Waals surface area contributed by atoms with Crippen LogP contribution in [0.5, 0.6) is 5.75 Å². The van der Waals surface area contributed by atoms with Crippen LogP contribution in [0.1, 0.15) is 17.5 Å². The number of benzene rings is 2. The Morgan fingerprint density at radius 2 is 2.04 bits per heavy atom. The maximum absolute atomic E-state index is 5.49. The number of rotatable bonds is 5. The highest BCUT2D eigenvalue weighted by molar-refractivity contribution is 14.0. The summed E-state index contributed by atoms with van der Waals surface area (Å²) in [7, 11) is 3.54. The van der Waals surface area contributed by atoms with Crippen molar-refractivity contribution >= 4 is 35.6 Å². The van der Waals surface area contributed by atoms with Gasteiger partial charge in [0.25, 0.3) is 0 Å². The van der Waals surface area contributed by atoms with Gasteiger partial charge in [0.2, 0.25) is 0 Å². The average molecular weight is 480 g/mol. The van der Waals surface area contributed by atoms with Gasteiger partial charge in [-0.1, -0.05) is 42.0 Å². The van der Waals surface area contributed by atoms with E-state index in [1.807, 2.05) is 19.2 Å². The lowest BCUT2D eigenvalue weighted by molar-refractivity contribution is 0.415. The Hall–Kier alpha value is -1.96. The smallest absolute Gasteiger partial charge is 0.191 e. The van der Waals surface area contributed by atoms with E-state index >= 15 is 0 Å². The fourth-order valence-electron chi connectivity index (χ4n) is 3.38. The zero-order chi connectivity index (χ0) is 18.4. The summed E-state index contributed by atoms with van der Waals surface area (Å²) < 4.78 is 5.49. The molecule has 1 saturated heterocycles. The Morgan fingerprint density at radius 3 is 2.78 bits per heavy atom. The first-order valence-electron chi connectivity index (χ1n) is 9.10. The first-order chi connectivity index (χ1) is 12.7. The maximum atomic E-state index is 5.49. The molecule has 1 heterocycles. The summed E-state index contributed by atoms with van der Waals surface area (Å²) in [4.78, 5) is 6.74. The van der Waals surface area contributed by atoms with E-state index in [1.54, 1.807) is 7.11 Å². The van der Waals surface area contributed by atoms with Gasteiger partial charge in [0.15, 0.2) is 5.96 Å². The summed E-state index contributed by atoms with van der Waals surface area (Å²) in [6, 6.07) is 17.1. The fourth-order valence-corrected chi connectivity index (χ4v) is 3.38. The zero-order valence-corrected chi connectivity index (χ0v) is 18.6. The van der Waals surface area contributed by atoms with Gasteiger partial charge >= 0.3 is 0 Å². The lowest BCUT2D eigenvalue weighted by Gasteiger charge is -2.22. The van der Waals surface area contributed by atoms with E-state index in [1.165, 1.54) is 11.1 Å². The van der Waals surface area contributed by atoms with Gasteiger partial charge in [0.05, 0.1) is 12.8 Å². The van der Waals surface area contributed by atoms with Crippen LogP contribution in [0.3, 0.4) is 0 Å². The third kappa shape index (κ3) is 5.76. The second-order valence-corrected chi connectivity index (χ2v) is 6.66. The van der Waals surface area contributed by atoms with Crippen LogP contribution < -0.4 is 20.3 Å². The van der Waals surface area contributed by atoms with Crippen LogP contribution in [0.4, 0.5) is 5.69 Å². The molecular weight excluding hydrogens is 451 g/mol. The Labute approximate surface area is 179 Å². The SMILES string of the molecule is CN=C(NCc1cccc(C)c1)NC1CCN(c2ccccc2OC)C1.I. The van der Waals surface area contributed by atoms with E-state index in [2.05, 4.69) is 63.8 Å². The predicted molar refractivity (Wildman–Crippen MR) is 124 cm³/mol. The molecule has 3 rings (SSSR count). The van der Waals surface area contributed by atoms with E-state index in [-0.39, 0.29) is 24.0 Å². The second kappa shape index (κ2) is 10.4. The number of hydrogen-bond donors (Lipinski definition) is 2. The molecule has 0 spiro atoms. The van der Waals surface area contributed by atoms with Gasteiger partial charge in [-0.05, 0) is 31.0 Å². The van der Waals surface area contributed by atoms with Crippen molar-refractivity contribution in [1.29, 1.82) is 0 Å². The van der Waals surface area contributed by atoms with Crippen molar-refractivity contribution in [1.82, 2.24) is 10.6 Å². The number of aryl methyl sites for hydroxylation is 1. The minimum absolute atomic E-state index is 0. The van der Waals surface area contributed by atoms with Gasteiger partial charge in [-0.15, -0.1) is 24.0 Å². The summed E-state index contributed by atoms with van der Waals surface area (Å²) in [5.74, 6) is 1.77. The molecule has 2 N–H and O–H groups in total. The first-order valence-corrected chi connectivity index (χ1v) is 9.10. The largest absolute Gasteiger partial charge is 0.495 e. The van der Waals surface area contributed by atoms with Crippen molar-refractivity contribution in [3.63, 3.8) is 0 Å². The Bertz CT molecular complexity index is 765. The molecular formula is C21H29IN4O. The standard InChI is InChI=1S/C21H28N4O.HI/c1-16-7-6-8-17(13-16)14-23-21(22-2)24-18-11-12-25(15-18)19-9-4-5-10-20(19)26-3;/h4-10,13,18H,11-12,14-15H2,1-3H3,(H2,22,23,24);1H. The number of anilines is 1. The maximum Gasteiger partial charge on any atom is 0.191 e. The zero-order valence-electron chi connectivity index (χ0n) is 16.2. The van der Waals surface area contributed by atoms with E-state index in [0.717, 1.165) is 43.5 Å². The van der Waals surface area contributed by atoms with Gasteiger partial charge < -0.3 is 20.3 Å². The fraction of sp³-hybridized carbons (Fsp3) is 0.381. The molecule has 146 valence electrons. The number of nitrogens with zero attached hydrogens (tertiary/aromatic N) is 2. The van der Waals surface area contributed by atoms with Crippen LogP contribution in [0.2, 0.25) is 0 Å². The van der Waals surface area contributed by atoms with E-state index in [0.29, 0.717) is 6.04 Å². The summed E-state index contributed by atoms with van der Waals surface area (Å²) in [6.07, 6.45) is 1.07. The Balaban J connectivity index is 0.00000261. The van der Waals surface area contributed by atoms with Crippen molar-refractivity contribution in [2.45, 2.75) is 25.9 Å². The van der Waals surface area contributed by atoms with Gasteiger partial charge in [0, 0.05) is 32.7 Å². The van der Waals surface area contributed by atoms with E-state index < -0.39 is 0 Å². The summed E-state index contributed by atoms with van der Waals surface area (Å²) in [6.45, 7) is 4.82. The lowest BCUT2D eigenvalue weighted by Crippen LogP contribution is -2.44. The monoisotopic (exact) mass is 480 g/mol. The Morgan fingerprint density at radius 1 is 1.22 bits per heavy atom. The van der Waals surface area contributed by atoms with Crippen LogP contribution in [-0.2, 0) is 6.54 Å². The first kappa shape index (κ1) is 21.3. The highest BCUT2D eigenvalue weighted by atomic mass is 127. The summed E-state index contributed by atoms with van der Waals surface area (Å²) in [5.41, 5.74) is 3.69. The number of halogens is 1. The van der Waals surface area contributed by atoms with Crippen molar-refractivity contribution in [2.24, 2.45) is 4.99 Å². The molecule has 5 nitrogen and oxygen atoms in total. The highest BCUT2D eigenvalue weighted by Crippen LogP contribution is 2.30. The van der Waals surface area contributed by atoms with E-state index in [9.17, 15) is 0 Å². The molecule has 1 unspecified atom stereocenters. The highest BCUT2D eigenvalue weighted by Gasteiger charge is 2.25. The van der Waals surface area contributed by atoms with Gasteiger partial charge in [-0.2, -0.15) is 0 Å². The average Bonchev–Trinajstić information content (AvgIpc) is 3.13. The van der Waals surface area contributed by atoms with Crippen LogP contribution in [-0.4, -0.2) is 39.2 Å². The molecule has 0 aromatic heterocycles. The number of para-hydroxylation sites is 2. The van der Waals surface area contributed by atoms with Gasteiger partial charge in [-0.3, -0.25) is 4.99 Å². The molecule has 0 aliphatic carbocycles. The number of methoxy groups -OCH3 is 1. The van der Waals surface area contributed by atoms with Crippen LogP contribution in [0.15, 0.2) is 53.5 Å². The molecule has 27 heavy (non-hydrogen) atoms. The lowest BCUT2D eigenvalue weighted by atomic mass is 10.1. The minimum atomic E-state index is 0. The van der Waals surface area contributed by atoms with Crippen LogP contribution >= 0.6 is 24.0 Å². The third-order valence-electron chi connectivity index (χ3n) is 4.72. The summed E-state index contributed by atoms with van der Waals surface area (Å²) >= 11 is 0. The topological polar surface area (TPSA) is 48.9 Å². The molecule has 2 aromatic carbocycles. The number of aliphatic imine (C=N–C) groups is 1. The number of guanidine groups is 1. The molecule has 1 aliphatic rings. The van der Waals surface area contributed by atoms with Crippen molar-refractivity contribution in [2.75, 3.05) is 32.1 Å².